The fourth-order valence-electron chi connectivity index (χ4n) is 1.49. The Kier molecular flexibility index (Phi) is 5.01. The molecule has 20 heavy (non-hydrogen) atoms. The Hall–Kier alpha value is -1.11. The molecule has 0 spiro atoms. The van der Waals surface area contributed by atoms with Crippen molar-refractivity contribution in [2.45, 2.75) is 30.4 Å². The number of amides is 1. The van der Waals surface area contributed by atoms with E-state index in [2.05, 4.69) is 15.5 Å². The van der Waals surface area contributed by atoms with Gasteiger partial charge in [0.2, 0.25) is 5.91 Å². The van der Waals surface area contributed by atoms with Gasteiger partial charge in [0.15, 0.2) is 4.34 Å². The summed E-state index contributed by atoms with van der Waals surface area (Å²) in [5.41, 5.74) is 1.72. The first-order valence-corrected chi connectivity index (χ1v) is 8.07. The van der Waals surface area contributed by atoms with E-state index in [0.29, 0.717) is 5.02 Å². The van der Waals surface area contributed by atoms with E-state index >= 15 is 0 Å². The summed E-state index contributed by atoms with van der Waals surface area (Å²) in [5.74, 6) is -0.0757. The smallest absolute Gasteiger partial charge is 0.237 e. The number of benzene rings is 1. The van der Waals surface area contributed by atoms with Crippen LogP contribution in [0.25, 0.3) is 0 Å². The molecule has 0 aliphatic carbocycles. The fourth-order valence-corrected chi connectivity index (χ4v) is 3.63. The topological polar surface area (TPSA) is 54.9 Å². The molecule has 0 bridgehead atoms. The van der Waals surface area contributed by atoms with Gasteiger partial charge >= 0.3 is 0 Å². The number of carbonyl (C=O) groups is 1. The summed E-state index contributed by atoms with van der Waals surface area (Å²) >= 11 is 8.83. The summed E-state index contributed by atoms with van der Waals surface area (Å²) in [5, 5.41) is 12.1. The lowest BCUT2D eigenvalue weighted by atomic mass is 10.2. The Balaban J connectivity index is 2.02. The number of nitrogens with zero attached hydrogens (tertiary/aromatic N) is 2. The third-order valence-electron chi connectivity index (χ3n) is 2.61. The summed E-state index contributed by atoms with van der Waals surface area (Å²) in [6, 6.07) is 5.43. The van der Waals surface area contributed by atoms with Crippen LogP contribution in [0.3, 0.4) is 0 Å². The van der Waals surface area contributed by atoms with Crippen LogP contribution in [0, 0.1) is 13.8 Å². The van der Waals surface area contributed by atoms with Gasteiger partial charge in [0, 0.05) is 10.7 Å². The summed E-state index contributed by atoms with van der Waals surface area (Å²) in [6.45, 7) is 5.66. The molecule has 1 heterocycles. The van der Waals surface area contributed by atoms with Crippen molar-refractivity contribution in [1.29, 1.82) is 0 Å². The lowest BCUT2D eigenvalue weighted by Crippen LogP contribution is -2.22. The van der Waals surface area contributed by atoms with Crippen molar-refractivity contribution in [3.63, 3.8) is 0 Å². The van der Waals surface area contributed by atoms with Crippen molar-refractivity contribution in [2.24, 2.45) is 0 Å². The molecule has 2 aromatic rings. The molecule has 0 unspecified atom stereocenters. The molecule has 2 rings (SSSR count). The number of aryl methyl sites for hydroxylation is 2. The number of nitrogens with one attached hydrogen (secondary N) is 1. The SMILES string of the molecule is Cc1nnc(S[C@H](C)C(=O)Nc2cc(Cl)ccc2C)s1. The van der Waals surface area contributed by atoms with Gasteiger partial charge in [-0.15, -0.1) is 10.2 Å². The molecule has 7 heteroatoms. The van der Waals surface area contributed by atoms with Crippen LogP contribution in [-0.4, -0.2) is 21.4 Å². The molecule has 1 aromatic carbocycles. The number of anilines is 1. The Morgan fingerprint density at radius 2 is 2.15 bits per heavy atom. The quantitative estimate of drug-likeness (QED) is 0.864. The van der Waals surface area contributed by atoms with Crippen molar-refractivity contribution in [3.8, 4) is 0 Å². The molecule has 1 atom stereocenters. The Morgan fingerprint density at radius 1 is 1.40 bits per heavy atom. The Morgan fingerprint density at radius 3 is 2.80 bits per heavy atom. The summed E-state index contributed by atoms with van der Waals surface area (Å²) in [7, 11) is 0. The fraction of sp³-hybridized carbons (Fsp3) is 0.308. The van der Waals surface area contributed by atoms with E-state index in [1.165, 1.54) is 23.1 Å². The molecule has 0 aliphatic heterocycles. The van der Waals surface area contributed by atoms with E-state index in [0.717, 1.165) is 20.6 Å². The molecule has 0 radical (unpaired) electrons. The lowest BCUT2D eigenvalue weighted by molar-refractivity contribution is -0.115. The number of hydrogen-bond acceptors (Lipinski definition) is 5. The van der Waals surface area contributed by atoms with Gasteiger partial charge in [0.25, 0.3) is 0 Å². The molecule has 1 aromatic heterocycles. The normalized spacial score (nSPS) is 12.2. The van der Waals surface area contributed by atoms with Gasteiger partial charge in [-0.05, 0) is 38.5 Å². The zero-order valence-corrected chi connectivity index (χ0v) is 13.7. The van der Waals surface area contributed by atoms with Crippen LogP contribution >= 0.6 is 34.7 Å². The molecule has 0 saturated heterocycles. The minimum Gasteiger partial charge on any atom is -0.325 e. The number of hydrogen-bond donors (Lipinski definition) is 1. The van der Waals surface area contributed by atoms with Crippen molar-refractivity contribution in [1.82, 2.24) is 10.2 Å². The second-order valence-corrected chi connectivity index (χ2v) is 7.50. The second-order valence-electron chi connectivity index (χ2n) is 4.30. The highest BCUT2D eigenvalue weighted by atomic mass is 35.5. The summed E-state index contributed by atoms with van der Waals surface area (Å²) in [4.78, 5) is 12.2. The molecule has 0 saturated carbocycles. The first kappa shape index (κ1) is 15.3. The van der Waals surface area contributed by atoms with Crippen LogP contribution in [-0.2, 0) is 4.79 Å². The third-order valence-corrected chi connectivity index (χ3v) is 4.87. The van der Waals surface area contributed by atoms with Gasteiger partial charge in [-0.2, -0.15) is 0 Å². The van der Waals surface area contributed by atoms with Gasteiger partial charge in [0.05, 0.1) is 5.25 Å². The van der Waals surface area contributed by atoms with Crippen LogP contribution in [0.1, 0.15) is 17.5 Å². The number of aromatic nitrogens is 2. The van der Waals surface area contributed by atoms with E-state index in [-0.39, 0.29) is 11.2 Å². The van der Waals surface area contributed by atoms with Crippen molar-refractivity contribution < 1.29 is 4.79 Å². The number of halogens is 1. The van der Waals surface area contributed by atoms with Crippen LogP contribution in [0.5, 0.6) is 0 Å². The standard InChI is InChI=1S/C13H14ClN3OS2/c1-7-4-5-10(14)6-11(7)15-12(18)8(2)19-13-17-16-9(3)20-13/h4-6,8H,1-3H3,(H,15,18)/t8-/m1/s1. The van der Waals surface area contributed by atoms with E-state index in [9.17, 15) is 4.79 Å². The van der Waals surface area contributed by atoms with Crippen molar-refractivity contribution in [2.75, 3.05) is 5.32 Å². The van der Waals surface area contributed by atoms with E-state index in [1.54, 1.807) is 12.1 Å². The van der Waals surface area contributed by atoms with Gasteiger partial charge in [-0.1, -0.05) is 40.8 Å². The number of thioether (sulfide) groups is 1. The number of rotatable bonds is 4. The van der Waals surface area contributed by atoms with Gasteiger partial charge in [-0.3, -0.25) is 4.79 Å². The molecule has 4 nitrogen and oxygen atoms in total. The zero-order valence-electron chi connectivity index (χ0n) is 11.3. The predicted molar refractivity (Wildman–Crippen MR) is 84.8 cm³/mol. The second kappa shape index (κ2) is 6.56. The highest BCUT2D eigenvalue weighted by Gasteiger charge is 2.17. The summed E-state index contributed by atoms with van der Waals surface area (Å²) in [6.07, 6.45) is 0. The molecule has 106 valence electrons. The number of carbonyl (C=O) groups excluding carboxylic acids is 1. The largest absolute Gasteiger partial charge is 0.325 e. The van der Waals surface area contributed by atoms with E-state index in [1.807, 2.05) is 26.8 Å². The van der Waals surface area contributed by atoms with Gasteiger partial charge in [-0.25, -0.2) is 0 Å². The Bertz CT molecular complexity index is 630. The van der Waals surface area contributed by atoms with Gasteiger partial charge in [0.1, 0.15) is 5.01 Å². The third kappa shape index (κ3) is 3.94. The molecule has 1 N–H and O–H groups in total. The van der Waals surface area contributed by atoms with Crippen LogP contribution in [0.4, 0.5) is 5.69 Å². The zero-order chi connectivity index (χ0) is 14.7. The van der Waals surface area contributed by atoms with Crippen LogP contribution in [0.15, 0.2) is 22.5 Å². The monoisotopic (exact) mass is 327 g/mol. The average molecular weight is 328 g/mol. The van der Waals surface area contributed by atoms with Crippen molar-refractivity contribution in [3.05, 3.63) is 33.8 Å². The maximum absolute atomic E-state index is 12.2. The lowest BCUT2D eigenvalue weighted by Gasteiger charge is -2.12. The van der Waals surface area contributed by atoms with Crippen LogP contribution < -0.4 is 5.32 Å². The first-order chi connectivity index (χ1) is 9.45. The van der Waals surface area contributed by atoms with Gasteiger partial charge < -0.3 is 5.32 Å². The van der Waals surface area contributed by atoms with Crippen LogP contribution in [0.2, 0.25) is 5.02 Å². The molecule has 0 fully saturated rings. The maximum atomic E-state index is 12.2. The molecule has 1 amide bonds. The highest BCUT2D eigenvalue weighted by Crippen LogP contribution is 2.27. The minimum atomic E-state index is -0.249. The van der Waals surface area contributed by atoms with E-state index in [4.69, 9.17) is 11.6 Å². The predicted octanol–water partition coefficient (Wildman–Crippen LogP) is 3.93. The van der Waals surface area contributed by atoms with Crippen molar-refractivity contribution >= 4 is 46.3 Å². The molecular formula is C13H14ClN3OS2. The Labute approximate surface area is 130 Å². The summed E-state index contributed by atoms with van der Waals surface area (Å²) < 4.78 is 0.799. The molecular weight excluding hydrogens is 314 g/mol. The maximum Gasteiger partial charge on any atom is 0.237 e. The highest BCUT2D eigenvalue weighted by molar-refractivity contribution is 8.02. The average Bonchev–Trinajstić information content (AvgIpc) is 2.79. The molecule has 0 aliphatic rings. The minimum absolute atomic E-state index is 0.0757. The first-order valence-electron chi connectivity index (χ1n) is 5.99. The van der Waals surface area contributed by atoms with E-state index < -0.39 is 0 Å².